The summed E-state index contributed by atoms with van der Waals surface area (Å²) in [6.07, 6.45) is 5.28. The zero-order valence-corrected chi connectivity index (χ0v) is 19.3. The van der Waals surface area contributed by atoms with E-state index in [-0.39, 0.29) is 11.9 Å². The molecule has 0 atom stereocenters. The summed E-state index contributed by atoms with van der Waals surface area (Å²) < 4.78 is 10.3. The molecule has 5 heteroatoms. The Kier molecular flexibility index (Phi) is 7.76. The molecule has 34 heavy (non-hydrogen) atoms. The van der Waals surface area contributed by atoms with Gasteiger partial charge in [-0.05, 0) is 46.2 Å². The van der Waals surface area contributed by atoms with Crippen molar-refractivity contribution in [2.75, 3.05) is 20.3 Å². The Hall–Kier alpha value is -3.86. The van der Waals surface area contributed by atoms with Crippen LogP contribution in [-0.4, -0.2) is 32.3 Å². The minimum atomic E-state index is -0.409. The normalized spacial score (nSPS) is 12.3. The lowest BCUT2D eigenvalue weighted by Gasteiger charge is -2.14. The summed E-state index contributed by atoms with van der Waals surface area (Å²) in [4.78, 5) is 23.7. The Morgan fingerprint density at radius 1 is 0.912 bits per heavy atom. The van der Waals surface area contributed by atoms with Crippen molar-refractivity contribution >= 4 is 18.1 Å². The number of hydrogen-bond donors (Lipinski definition) is 1. The van der Waals surface area contributed by atoms with Crippen LogP contribution < -0.4 is 5.32 Å². The fraction of sp³-hybridized carbons (Fsp3) is 0.241. The predicted octanol–water partition coefficient (Wildman–Crippen LogP) is 5.73. The maximum Gasteiger partial charge on any atom is 0.407 e. The molecule has 0 saturated carbocycles. The topological polar surface area (TPSA) is 64.6 Å². The first-order valence-electron chi connectivity index (χ1n) is 11.6. The zero-order chi connectivity index (χ0) is 23.8. The molecule has 0 bridgehead atoms. The van der Waals surface area contributed by atoms with Crippen LogP contribution in [0.4, 0.5) is 4.79 Å². The Morgan fingerprint density at radius 3 is 2.26 bits per heavy atom. The maximum absolute atomic E-state index is 12.3. The molecule has 174 valence electrons. The van der Waals surface area contributed by atoms with E-state index in [2.05, 4.69) is 29.6 Å². The van der Waals surface area contributed by atoms with Crippen molar-refractivity contribution in [3.05, 3.63) is 101 Å². The first-order valence-corrected chi connectivity index (χ1v) is 11.6. The van der Waals surface area contributed by atoms with Crippen LogP contribution in [0.1, 0.15) is 41.0 Å². The van der Waals surface area contributed by atoms with E-state index in [0.717, 1.165) is 11.1 Å². The Morgan fingerprint density at radius 2 is 1.56 bits per heavy atom. The monoisotopic (exact) mass is 455 g/mol. The smallest absolute Gasteiger partial charge is 0.407 e. The van der Waals surface area contributed by atoms with Crippen molar-refractivity contribution in [1.29, 1.82) is 0 Å². The van der Waals surface area contributed by atoms with Crippen molar-refractivity contribution in [3.63, 3.8) is 0 Å². The maximum atomic E-state index is 12.3. The van der Waals surface area contributed by atoms with Gasteiger partial charge in [0.1, 0.15) is 6.61 Å². The molecule has 1 amide bonds. The fourth-order valence-corrected chi connectivity index (χ4v) is 4.38. The van der Waals surface area contributed by atoms with Gasteiger partial charge in [0.05, 0.1) is 7.11 Å². The molecule has 4 rings (SSSR count). The number of amides is 1. The molecule has 0 spiro atoms. The Bertz CT molecular complexity index is 1140. The van der Waals surface area contributed by atoms with Crippen molar-refractivity contribution < 1.29 is 19.1 Å². The van der Waals surface area contributed by atoms with Gasteiger partial charge in [-0.1, -0.05) is 84.9 Å². The third kappa shape index (κ3) is 5.54. The molecule has 3 aromatic carbocycles. The molecule has 3 aromatic rings. The molecule has 1 aliphatic rings. The number of rotatable bonds is 9. The zero-order valence-electron chi connectivity index (χ0n) is 19.3. The molecule has 1 aliphatic carbocycles. The summed E-state index contributed by atoms with van der Waals surface area (Å²) in [5, 5.41) is 2.83. The van der Waals surface area contributed by atoms with Crippen molar-refractivity contribution in [2.24, 2.45) is 0 Å². The number of hydrogen-bond acceptors (Lipinski definition) is 4. The molecule has 0 aromatic heterocycles. The highest BCUT2D eigenvalue weighted by atomic mass is 16.5. The number of nitrogens with one attached hydrogen (secondary N) is 1. The van der Waals surface area contributed by atoms with Gasteiger partial charge in [0.15, 0.2) is 0 Å². The van der Waals surface area contributed by atoms with E-state index in [4.69, 9.17) is 9.47 Å². The van der Waals surface area contributed by atoms with E-state index < -0.39 is 6.09 Å². The summed E-state index contributed by atoms with van der Waals surface area (Å²) in [5.41, 5.74) is 6.98. The SMILES string of the molecule is COC(=O)CCc1ccccc1C=CCCNC(=O)OCC1c2ccccc2-c2ccccc21. The average Bonchev–Trinajstić information content (AvgIpc) is 3.20. The van der Waals surface area contributed by atoms with E-state index in [1.807, 2.05) is 60.7 Å². The van der Waals surface area contributed by atoms with Crippen LogP contribution in [0.25, 0.3) is 17.2 Å². The first kappa shape index (κ1) is 23.3. The third-order valence-corrected chi connectivity index (χ3v) is 6.10. The number of alkyl carbamates (subject to hydrolysis) is 1. The van der Waals surface area contributed by atoms with Crippen LogP contribution in [0.3, 0.4) is 0 Å². The van der Waals surface area contributed by atoms with Crippen LogP contribution in [0.5, 0.6) is 0 Å². The van der Waals surface area contributed by atoms with Crippen LogP contribution in [0.15, 0.2) is 78.9 Å². The Labute approximate surface area is 200 Å². The summed E-state index contributed by atoms with van der Waals surface area (Å²) in [6, 6.07) is 24.5. The lowest BCUT2D eigenvalue weighted by atomic mass is 9.98. The van der Waals surface area contributed by atoms with Gasteiger partial charge in [-0.15, -0.1) is 0 Å². The second kappa shape index (κ2) is 11.3. The van der Waals surface area contributed by atoms with Gasteiger partial charge < -0.3 is 14.8 Å². The quantitative estimate of drug-likeness (QED) is 0.330. The van der Waals surface area contributed by atoms with Gasteiger partial charge in [0, 0.05) is 18.9 Å². The number of aryl methyl sites for hydroxylation is 1. The van der Waals surface area contributed by atoms with E-state index in [0.29, 0.717) is 32.4 Å². The highest BCUT2D eigenvalue weighted by Gasteiger charge is 2.28. The number of esters is 1. The lowest BCUT2D eigenvalue weighted by Crippen LogP contribution is -2.26. The average molecular weight is 456 g/mol. The molecule has 0 heterocycles. The highest BCUT2D eigenvalue weighted by Crippen LogP contribution is 2.44. The highest BCUT2D eigenvalue weighted by molar-refractivity contribution is 5.79. The summed E-state index contributed by atoms with van der Waals surface area (Å²) in [6.45, 7) is 0.792. The molecule has 0 radical (unpaired) electrons. The van der Waals surface area contributed by atoms with Crippen LogP contribution in [0, 0.1) is 0 Å². The minimum absolute atomic E-state index is 0.0551. The molecule has 0 fully saturated rings. The van der Waals surface area contributed by atoms with Gasteiger partial charge in [0.25, 0.3) is 0 Å². The van der Waals surface area contributed by atoms with Crippen LogP contribution in [-0.2, 0) is 20.7 Å². The van der Waals surface area contributed by atoms with E-state index in [1.165, 1.54) is 29.4 Å². The molecule has 0 saturated heterocycles. The van der Waals surface area contributed by atoms with Gasteiger partial charge >= 0.3 is 12.1 Å². The summed E-state index contributed by atoms with van der Waals surface area (Å²) in [7, 11) is 1.40. The standard InChI is InChI=1S/C29H29NO4/c1-33-28(31)18-17-22-11-3-2-10-21(22)12-8-9-19-30-29(32)34-20-27-25-15-6-4-13-23(25)24-14-5-7-16-26(24)27/h2-8,10-16,27H,9,17-20H2,1H3,(H,30,32). The minimum Gasteiger partial charge on any atom is -0.469 e. The van der Waals surface area contributed by atoms with E-state index in [9.17, 15) is 9.59 Å². The Balaban J connectivity index is 1.25. The second-order valence-electron chi connectivity index (χ2n) is 8.22. The summed E-state index contributed by atoms with van der Waals surface area (Å²) >= 11 is 0. The molecular weight excluding hydrogens is 426 g/mol. The van der Waals surface area contributed by atoms with E-state index in [1.54, 1.807) is 0 Å². The van der Waals surface area contributed by atoms with Gasteiger partial charge in [-0.3, -0.25) is 4.79 Å². The predicted molar refractivity (Wildman–Crippen MR) is 134 cm³/mol. The molecule has 0 aliphatic heterocycles. The number of ether oxygens (including phenoxy) is 2. The number of methoxy groups -OCH3 is 1. The van der Waals surface area contributed by atoms with Crippen molar-refractivity contribution in [1.82, 2.24) is 5.32 Å². The molecule has 5 nitrogen and oxygen atoms in total. The number of benzene rings is 3. The molecular formula is C29H29NO4. The van der Waals surface area contributed by atoms with Crippen molar-refractivity contribution in [2.45, 2.75) is 25.2 Å². The number of carbonyl (C=O) groups excluding carboxylic acids is 2. The van der Waals surface area contributed by atoms with Gasteiger partial charge in [-0.2, -0.15) is 0 Å². The van der Waals surface area contributed by atoms with Crippen molar-refractivity contribution in [3.8, 4) is 11.1 Å². The lowest BCUT2D eigenvalue weighted by molar-refractivity contribution is -0.140. The van der Waals surface area contributed by atoms with E-state index >= 15 is 0 Å². The number of fused-ring (bicyclic) bond motifs is 3. The third-order valence-electron chi connectivity index (χ3n) is 6.10. The van der Waals surface area contributed by atoms with Crippen LogP contribution >= 0.6 is 0 Å². The fourth-order valence-electron chi connectivity index (χ4n) is 4.38. The first-order chi connectivity index (χ1) is 16.7. The van der Waals surface area contributed by atoms with Gasteiger partial charge in [-0.25, -0.2) is 4.79 Å². The van der Waals surface area contributed by atoms with Gasteiger partial charge in [0.2, 0.25) is 0 Å². The largest absolute Gasteiger partial charge is 0.469 e. The number of carbonyl (C=O) groups is 2. The molecule has 1 N–H and O–H groups in total. The second-order valence-corrected chi connectivity index (χ2v) is 8.22. The molecule has 0 unspecified atom stereocenters. The van der Waals surface area contributed by atoms with Crippen LogP contribution in [0.2, 0.25) is 0 Å². The summed E-state index contributed by atoms with van der Waals surface area (Å²) in [5.74, 6) is -0.161.